The van der Waals surface area contributed by atoms with Gasteiger partial charge in [-0.05, 0) is 56.0 Å². The number of hydrogen-bond acceptors (Lipinski definition) is 6. The normalized spacial score (nSPS) is 16.7. The van der Waals surface area contributed by atoms with Gasteiger partial charge in [0.2, 0.25) is 0 Å². The molecule has 4 N–H and O–H groups in total. The zero-order valence-electron chi connectivity index (χ0n) is 17.6. The quantitative estimate of drug-likeness (QED) is 0.248. The summed E-state index contributed by atoms with van der Waals surface area (Å²) in [4.78, 5) is 14.0. The smallest absolute Gasteiger partial charge is 0.264 e. The summed E-state index contributed by atoms with van der Waals surface area (Å²) in [5.74, 6) is 5.36. The lowest BCUT2D eigenvalue weighted by atomic mass is 9.98. The van der Waals surface area contributed by atoms with Gasteiger partial charge in [-0.25, -0.2) is 13.9 Å². The fourth-order valence-electron chi connectivity index (χ4n) is 3.26. The van der Waals surface area contributed by atoms with Crippen molar-refractivity contribution in [2.45, 2.75) is 37.4 Å². The maximum atomic E-state index is 12.1. The third-order valence-corrected chi connectivity index (χ3v) is 7.62. The van der Waals surface area contributed by atoms with Crippen molar-refractivity contribution >= 4 is 21.3 Å². The van der Waals surface area contributed by atoms with Crippen molar-refractivity contribution in [3.8, 4) is 11.8 Å². The van der Waals surface area contributed by atoms with Crippen LogP contribution in [0.3, 0.4) is 0 Å². The number of nitrogens with zero attached hydrogens (tertiary/aromatic N) is 1. The summed E-state index contributed by atoms with van der Waals surface area (Å²) in [6, 6.07) is 8.17. The number of carbonyl (C=O) groups is 1. The van der Waals surface area contributed by atoms with E-state index < -0.39 is 20.5 Å². The number of hydroxylamine groups is 1. The van der Waals surface area contributed by atoms with Crippen LogP contribution in [0.15, 0.2) is 30.3 Å². The van der Waals surface area contributed by atoms with Crippen LogP contribution in [-0.4, -0.2) is 61.6 Å². The molecular weight excluding hydrogens is 402 g/mol. The van der Waals surface area contributed by atoms with E-state index in [0.29, 0.717) is 19.6 Å². The Morgan fingerprint density at radius 3 is 2.57 bits per heavy atom. The number of benzene rings is 1. The van der Waals surface area contributed by atoms with Gasteiger partial charge in [0.05, 0.1) is 0 Å². The molecule has 2 rings (SSSR count). The van der Waals surface area contributed by atoms with Crippen molar-refractivity contribution in [2.24, 2.45) is 5.73 Å². The fraction of sp³-hybridized carbons (Fsp3) is 0.500. The fourth-order valence-corrected chi connectivity index (χ4v) is 4.10. The van der Waals surface area contributed by atoms with Crippen LogP contribution in [-0.2, 0) is 14.6 Å². The Hall–Kier alpha value is -2.18. The van der Waals surface area contributed by atoms with Crippen molar-refractivity contribution in [3.05, 3.63) is 41.5 Å². The van der Waals surface area contributed by atoms with Gasteiger partial charge >= 0.3 is 0 Å². The van der Waals surface area contributed by atoms with Gasteiger partial charge in [-0.15, -0.1) is 0 Å². The molecule has 1 heterocycles. The van der Waals surface area contributed by atoms with E-state index in [0.717, 1.165) is 43.2 Å². The number of amides is 1. The van der Waals surface area contributed by atoms with Crippen LogP contribution < -0.4 is 11.2 Å². The first kappa shape index (κ1) is 24.1. The van der Waals surface area contributed by atoms with E-state index in [9.17, 15) is 13.2 Å². The molecule has 164 valence electrons. The maximum absolute atomic E-state index is 12.1. The third-order valence-electron chi connectivity index (χ3n) is 5.59. The maximum Gasteiger partial charge on any atom is 0.264 e. The summed E-state index contributed by atoms with van der Waals surface area (Å²) in [7, 11) is -3.68. The highest BCUT2D eigenvalue weighted by molar-refractivity contribution is 7.92. The zero-order chi connectivity index (χ0) is 22.2. The van der Waals surface area contributed by atoms with Gasteiger partial charge in [-0.1, -0.05) is 30.0 Å². The van der Waals surface area contributed by atoms with E-state index in [-0.39, 0.29) is 6.42 Å². The number of sulfone groups is 1. The average molecular weight is 434 g/mol. The van der Waals surface area contributed by atoms with Gasteiger partial charge in [0, 0.05) is 37.9 Å². The molecule has 0 aliphatic carbocycles. The van der Waals surface area contributed by atoms with E-state index in [2.05, 4.69) is 34.9 Å². The molecule has 30 heavy (non-hydrogen) atoms. The second-order valence-electron chi connectivity index (χ2n) is 7.75. The van der Waals surface area contributed by atoms with E-state index in [1.165, 1.54) is 18.0 Å². The van der Waals surface area contributed by atoms with Gasteiger partial charge in [0.15, 0.2) is 14.6 Å². The van der Waals surface area contributed by atoms with Gasteiger partial charge < -0.3 is 5.73 Å². The number of nitrogens with one attached hydrogen (secondary N) is 1. The number of carbonyl (C=O) groups excluding carboxylic acids is 1. The van der Waals surface area contributed by atoms with Gasteiger partial charge in [-0.2, -0.15) is 0 Å². The molecule has 8 heteroatoms. The number of hydrogen-bond donors (Lipinski definition) is 3. The molecule has 7 nitrogen and oxygen atoms in total. The van der Waals surface area contributed by atoms with Crippen molar-refractivity contribution in [3.63, 3.8) is 0 Å². The lowest BCUT2D eigenvalue weighted by molar-refractivity contribution is -0.131. The predicted molar refractivity (Wildman–Crippen MR) is 118 cm³/mol. The standard InChI is InChI=1S/C22H31N3O4S/c1-22(21(26)24-27,30(2,28)29)13-17-25-15-11-20(12-16-25)19-9-7-18(8-10-19)6-4-3-5-14-23/h7-11,27H,3,5,12-17,23H2,1-2H3,(H,24,26). The largest absolute Gasteiger partial charge is 0.330 e. The van der Waals surface area contributed by atoms with Gasteiger partial charge in [0.25, 0.3) is 5.91 Å². The minimum atomic E-state index is -3.68. The molecule has 0 saturated carbocycles. The number of unbranched alkanes of at least 4 members (excludes halogenated alkanes) is 1. The SMILES string of the molecule is CC(CCN1CC=C(c2ccc(C#CCCCN)cc2)CC1)(C(=O)NO)S(C)(=O)=O. The molecule has 1 amide bonds. The summed E-state index contributed by atoms with van der Waals surface area (Å²) in [6.07, 6.45) is 5.81. The lowest BCUT2D eigenvalue weighted by Crippen LogP contribution is -2.51. The van der Waals surface area contributed by atoms with Gasteiger partial charge in [0.1, 0.15) is 0 Å². The Kier molecular flexibility index (Phi) is 8.62. The van der Waals surface area contributed by atoms with Crippen LogP contribution in [0.5, 0.6) is 0 Å². The Morgan fingerprint density at radius 1 is 1.33 bits per heavy atom. The molecule has 0 aromatic heterocycles. The van der Waals surface area contributed by atoms with Crippen LogP contribution in [0.1, 0.15) is 43.7 Å². The van der Waals surface area contributed by atoms with Crippen LogP contribution in [0.2, 0.25) is 0 Å². The molecule has 0 bridgehead atoms. The number of rotatable bonds is 8. The summed E-state index contributed by atoms with van der Waals surface area (Å²) in [6.45, 7) is 3.89. The molecule has 0 saturated heterocycles. The topological polar surface area (TPSA) is 113 Å². The average Bonchev–Trinajstić information content (AvgIpc) is 2.74. The summed E-state index contributed by atoms with van der Waals surface area (Å²) >= 11 is 0. The van der Waals surface area contributed by atoms with Crippen molar-refractivity contribution < 1.29 is 18.4 Å². The molecule has 1 unspecified atom stereocenters. The van der Waals surface area contributed by atoms with E-state index in [1.54, 1.807) is 0 Å². The highest BCUT2D eigenvalue weighted by Gasteiger charge is 2.43. The monoisotopic (exact) mass is 433 g/mol. The summed E-state index contributed by atoms with van der Waals surface area (Å²) < 4.78 is 22.5. The summed E-state index contributed by atoms with van der Waals surface area (Å²) in [5.41, 5.74) is 10.3. The molecule has 0 fully saturated rings. The molecule has 1 aromatic carbocycles. The summed E-state index contributed by atoms with van der Waals surface area (Å²) in [5, 5.41) is 8.92. The van der Waals surface area contributed by atoms with Crippen LogP contribution in [0.25, 0.3) is 5.57 Å². The lowest BCUT2D eigenvalue weighted by Gasteiger charge is -2.31. The molecule has 0 radical (unpaired) electrons. The van der Waals surface area contributed by atoms with E-state index in [4.69, 9.17) is 10.9 Å². The van der Waals surface area contributed by atoms with Crippen molar-refractivity contribution in [1.29, 1.82) is 0 Å². The second kappa shape index (κ2) is 10.7. The Bertz CT molecular complexity index is 929. The Balaban J connectivity index is 1.96. The predicted octanol–water partition coefficient (Wildman–Crippen LogP) is 1.56. The minimum Gasteiger partial charge on any atom is -0.330 e. The highest BCUT2D eigenvalue weighted by Crippen LogP contribution is 2.25. The van der Waals surface area contributed by atoms with Crippen LogP contribution in [0.4, 0.5) is 0 Å². The minimum absolute atomic E-state index is 0.110. The molecule has 1 atom stereocenters. The highest BCUT2D eigenvalue weighted by atomic mass is 32.2. The van der Waals surface area contributed by atoms with Gasteiger partial charge in [-0.3, -0.25) is 14.9 Å². The van der Waals surface area contributed by atoms with Crippen LogP contribution >= 0.6 is 0 Å². The van der Waals surface area contributed by atoms with Crippen molar-refractivity contribution in [2.75, 3.05) is 32.4 Å². The molecule has 1 aromatic rings. The zero-order valence-corrected chi connectivity index (χ0v) is 18.5. The van der Waals surface area contributed by atoms with Crippen molar-refractivity contribution in [1.82, 2.24) is 10.4 Å². The molecule has 0 spiro atoms. The Morgan fingerprint density at radius 2 is 2.03 bits per heavy atom. The van der Waals surface area contributed by atoms with Crippen LogP contribution in [0, 0.1) is 11.8 Å². The molecule has 1 aliphatic heterocycles. The third kappa shape index (κ3) is 6.16. The Labute approximate surface area is 179 Å². The first-order valence-corrected chi connectivity index (χ1v) is 12.0. The molecule has 1 aliphatic rings. The van der Waals surface area contributed by atoms with E-state index in [1.807, 2.05) is 12.1 Å². The van der Waals surface area contributed by atoms with E-state index >= 15 is 0 Å². The first-order chi connectivity index (χ1) is 14.2. The number of nitrogens with two attached hydrogens (primary N) is 1. The first-order valence-electron chi connectivity index (χ1n) is 10.1. The molecular formula is C22H31N3O4S. The second-order valence-corrected chi connectivity index (χ2v) is 10.2.